The number of rotatable bonds is 7. The molecule has 0 bridgehead atoms. The number of aryl methyl sites for hydroxylation is 2. The average Bonchev–Trinajstić information content (AvgIpc) is 3.26. The number of para-hydroxylation sites is 1. The fourth-order valence-electron chi connectivity index (χ4n) is 3.88. The fourth-order valence-corrected chi connectivity index (χ4v) is 6.60. The lowest BCUT2D eigenvalue weighted by molar-refractivity contribution is 0.543. The molecule has 5 nitrogen and oxygen atoms in total. The van der Waals surface area contributed by atoms with Gasteiger partial charge in [0.15, 0.2) is 13.5 Å². The van der Waals surface area contributed by atoms with Crippen LogP contribution in [-0.4, -0.2) is 43.0 Å². The molecule has 1 aliphatic heterocycles. The molecule has 4 rings (SSSR count). The molecule has 0 saturated carbocycles. The highest BCUT2D eigenvalue weighted by atomic mass is 32.1. The Bertz CT molecular complexity index is 989. The summed E-state index contributed by atoms with van der Waals surface area (Å²) in [5.74, 6) is 0. The van der Waals surface area contributed by atoms with Crippen molar-refractivity contribution in [3.8, 4) is 0 Å². The highest BCUT2D eigenvalue weighted by Crippen LogP contribution is 2.54. The first-order valence-electron chi connectivity index (χ1n) is 11.3. The Hall–Kier alpha value is -2.66. The van der Waals surface area contributed by atoms with E-state index in [1.54, 1.807) is 0 Å². The predicted molar refractivity (Wildman–Crippen MR) is 147 cm³/mol. The van der Waals surface area contributed by atoms with E-state index in [4.69, 9.17) is 12.2 Å². The summed E-state index contributed by atoms with van der Waals surface area (Å²) in [6.45, 7) is 7.95. The number of nitrogens with one attached hydrogen (secondary N) is 2. The van der Waals surface area contributed by atoms with Gasteiger partial charge in [0.2, 0.25) is 0 Å². The first-order chi connectivity index (χ1) is 16.0. The Morgan fingerprint density at radius 3 is 1.88 bits per heavy atom. The normalized spacial score (nSPS) is 14.1. The standard InChI is InChI=1S/C26H32N5PS/c1-21-9-13-24(14-10-21)30-19-20-31(25-15-11-22(2)12-16-25)32(30)29(3)18-17-27-26(33)28-23-7-5-4-6-8-23/h4-16H,17-20H2,1-3H3,(H2,27,28,33). The average molecular weight is 478 g/mol. The maximum atomic E-state index is 5.49. The van der Waals surface area contributed by atoms with Gasteiger partial charge in [0.25, 0.3) is 0 Å². The van der Waals surface area contributed by atoms with Crippen LogP contribution in [0.5, 0.6) is 0 Å². The summed E-state index contributed by atoms with van der Waals surface area (Å²) in [7, 11) is 1.53. The van der Waals surface area contributed by atoms with E-state index < -0.39 is 8.37 Å². The smallest absolute Gasteiger partial charge is 0.178 e. The molecule has 0 aromatic heterocycles. The van der Waals surface area contributed by atoms with Crippen LogP contribution < -0.4 is 20.0 Å². The number of thiocarbonyl (C=S) groups is 1. The van der Waals surface area contributed by atoms with Crippen molar-refractivity contribution in [2.24, 2.45) is 0 Å². The van der Waals surface area contributed by atoms with Gasteiger partial charge in [0, 0.05) is 43.2 Å². The molecule has 3 aromatic rings. The third-order valence-electron chi connectivity index (χ3n) is 5.68. The minimum atomic E-state index is -0.688. The van der Waals surface area contributed by atoms with Gasteiger partial charge in [0.05, 0.1) is 0 Å². The van der Waals surface area contributed by atoms with Gasteiger partial charge in [-0.05, 0) is 69.5 Å². The van der Waals surface area contributed by atoms with Crippen LogP contribution in [0.25, 0.3) is 0 Å². The molecule has 1 aliphatic rings. The maximum absolute atomic E-state index is 5.49. The number of anilines is 3. The minimum Gasteiger partial charge on any atom is -0.361 e. The van der Waals surface area contributed by atoms with Crippen molar-refractivity contribution >= 4 is 42.8 Å². The zero-order valence-corrected chi connectivity index (χ0v) is 21.2. The van der Waals surface area contributed by atoms with E-state index in [-0.39, 0.29) is 0 Å². The summed E-state index contributed by atoms with van der Waals surface area (Å²) < 4.78 is 7.56. The molecular weight excluding hydrogens is 445 g/mol. The van der Waals surface area contributed by atoms with Gasteiger partial charge in [-0.3, -0.25) is 0 Å². The van der Waals surface area contributed by atoms with Crippen molar-refractivity contribution in [3.05, 3.63) is 90.0 Å². The van der Waals surface area contributed by atoms with Crippen LogP contribution in [0.4, 0.5) is 17.1 Å². The Balaban J connectivity index is 1.44. The van der Waals surface area contributed by atoms with Crippen LogP contribution in [0.15, 0.2) is 78.9 Å². The number of likely N-dealkylation sites (N-methyl/N-ethyl adjacent to an activating group) is 1. The largest absolute Gasteiger partial charge is 0.361 e. The second-order valence-corrected chi connectivity index (χ2v) is 10.9. The lowest BCUT2D eigenvalue weighted by Crippen LogP contribution is -2.36. The Kier molecular flexibility index (Phi) is 7.81. The van der Waals surface area contributed by atoms with E-state index in [9.17, 15) is 0 Å². The second kappa shape index (κ2) is 11.0. The van der Waals surface area contributed by atoms with Gasteiger partial charge in [-0.25, -0.2) is 4.67 Å². The topological polar surface area (TPSA) is 33.8 Å². The zero-order valence-electron chi connectivity index (χ0n) is 19.5. The summed E-state index contributed by atoms with van der Waals surface area (Å²) in [5.41, 5.74) is 6.13. The van der Waals surface area contributed by atoms with Crippen LogP contribution in [0.3, 0.4) is 0 Å². The highest BCUT2D eigenvalue weighted by molar-refractivity contribution is 7.80. The third-order valence-corrected chi connectivity index (χ3v) is 8.46. The van der Waals surface area contributed by atoms with Crippen LogP contribution in [0.2, 0.25) is 0 Å². The number of benzene rings is 3. The summed E-state index contributed by atoms with van der Waals surface area (Å²) in [6, 6.07) is 27.8. The predicted octanol–water partition coefficient (Wildman–Crippen LogP) is 5.78. The molecule has 172 valence electrons. The zero-order chi connectivity index (χ0) is 23.2. The van der Waals surface area contributed by atoms with Crippen molar-refractivity contribution in [2.75, 3.05) is 47.9 Å². The van der Waals surface area contributed by atoms with Crippen LogP contribution in [0, 0.1) is 13.8 Å². The van der Waals surface area contributed by atoms with E-state index in [1.807, 2.05) is 30.3 Å². The summed E-state index contributed by atoms with van der Waals surface area (Å²) in [6.07, 6.45) is 0. The van der Waals surface area contributed by atoms with Crippen LogP contribution in [0.1, 0.15) is 11.1 Å². The van der Waals surface area contributed by atoms with Gasteiger partial charge >= 0.3 is 0 Å². The van der Waals surface area contributed by atoms with Crippen molar-refractivity contribution in [1.29, 1.82) is 0 Å². The van der Waals surface area contributed by atoms with E-state index in [0.717, 1.165) is 31.9 Å². The first kappa shape index (κ1) is 23.5. The van der Waals surface area contributed by atoms with Crippen molar-refractivity contribution in [1.82, 2.24) is 9.99 Å². The Morgan fingerprint density at radius 1 is 0.848 bits per heavy atom. The Labute approximate surface area is 204 Å². The van der Waals surface area contributed by atoms with Crippen molar-refractivity contribution in [3.63, 3.8) is 0 Å². The second-order valence-electron chi connectivity index (χ2n) is 8.31. The van der Waals surface area contributed by atoms with E-state index in [2.05, 4.69) is 94.1 Å². The van der Waals surface area contributed by atoms with Gasteiger partial charge in [-0.2, -0.15) is 0 Å². The monoisotopic (exact) mass is 477 g/mol. The van der Waals surface area contributed by atoms with Crippen LogP contribution >= 0.6 is 20.6 Å². The number of hydrogen-bond donors (Lipinski definition) is 2. The summed E-state index contributed by atoms with van der Waals surface area (Å²) in [4.78, 5) is 0. The van der Waals surface area contributed by atoms with Crippen molar-refractivity contribution in [2.45, 2.75) is 13.8 Å². The van der Waals surface area contributed by atoms with E-state index in [0.29, 0.717) is 5.11 Å². The highest BCUT2D eigenvalue weighted by Gasteiger charge is 2.36. The van der Waals surface area contributed by atoms with Gasteiger partial charge in [-0.1, -0.05) is 53.6 Å². The van der Waals surface area contributed by atoms with Gasteiger partial charge < -0.3 is 20.0 Å². The molecule has 0 amide bonds. The SMILES string of the molecule is Cc1ccc(N2CCN(c3ccc(C)cc3)P2N(C)CCNC(=S)Nc2ccccc2)cc1. The number of hydrogen-bond acceptors (Lipinski definition) is 4. The summed E-state index contributed by atoms with van der Waals surface area (Å²) >= 11 is 5.49. The minimum absolute atomic E-state index is 0.652. The fraction of sp³-hybridized carbons (Fsp3) is 0.269. The Morgan fingerprint density at radius 2 is 1.36 bits per heavy atom. The maximum Gasteiger partial charge on any atom is 0.178 e. The van der Waals surface area contributed by atoms with Crippen LogP contribution in [-0.2, 0) is 0 Å². The molecule has 0 aliphatic carbocycles. The molecule has 0 spiro atoms. The molecule has 2 N–H and O–H groups in total. The molecule has 1 heterocycles. The molecule has 0 radical (unpaired) electrons. The third kappa shape index (κ3) is 6.02. The quantitative estimate of drug-likeness (QED) is 0.332. The van der Waals surface area contributed by atoms with E-state index >= 15 is 0 Å². The lowest BCUT2D eigenvalue weighted by atomic mass is 10.2. The van der Waals surface area contributed by atoms with Crippen molar-refractivity contribution < 1.29 is 0 Å². The summed E-state index contributed by atoms with van der Waals surface area (Å²) in [5, 5.41) is 7.27. The molecule has 7 heteroatoms. The molecule has 1 saturated heterocycles. The molecule has 1 fully saturated rings. The molecule has 0 atom stereocenters. The lowest BCUT2D eigenvalue weighted by Gasteiger charge is -2.38. The van der Waals surface area contributed by atoms with Gasteiger partial charge in [0.1, 0.15) is 0 Å². The van der Waals surface area contributed by atoms with Gasteiger partial charge in [-0.15, -0.1) is 0 Å². The first-order valence-corrected chi connectivity index (χ1v) is 12.9. The molecule has 0 unspecified atom stereocenters. The van der Waals surface area contributed by atoms with E-state index in [1.165, 1.54) is 22.5 Å². The molecule has 3 aromatic carbocycles. The number of nitrogens with zero attached hydrogens (tertiary/aromatic N) is 3. The molecular formula is C26H32N5PS. The molecule has 33 heavy (non-hydrogen) atoms.